The van der Waals surface area contributed by atoms with Crippen molar-refractivity contribution in [3.8, 4) is 5.75 Å². The fraction of sp³-hybridized carbons (Fsp3) is 0.389. The van der Waals surface area contributed by atoms with Crippen LogP contribution < -0.4 is 15.0 Å². The summed E-state index contributed by atoms with van der Waals surface area (Å²) in [5, 5.41) is 9.68. The maximum absolute atomic E-state index is 12.9. The number of anilines is 1. The largest absolute Gasteiger partial charge is 0.490 e. The van der Waals surface area contributed by atoms with Gasteiger partial charge < -0.3 is 15.0 Å². The smallest absolute Gasteiger partial charge is 0.271 e. The quantitative estimate of drug-likeness (QED) is 0.839. The van der Waals surface area contributed by atoms with Crippen LogP contribution >= 0.6 is 0 Å². The Hall–Kier alpha value is -2.87. The third kappa shape index (κ3) is 2.92. The molecule has 0 saturated carbocycles. The molecule has 0 aliphatic carbocycles. The van der Waals surface area contributed by atoms with Gasteiger partial charge in [-0.3, -0.25) is 19.6 Å². The number of nitrogens with zero attached hydrogens (tertiary/aromatic N) is 3. The number of benzene rings is 1. The fourth-order valence-corrected chi connectivity index (χ4v) is 3.50. The zero-order chi connectivity index (χ0) is 18.1. The monoisotopic (exact) mass is 355 g/mol. The Labute approximate surface area is 151 Å². The zero-order valence-corrected chi connectivity index (χ0v) is 14.6. The van der Waals surface area contributed by atoms with Gasteiger partial charge in [-0.15, -0.1) is 0 Å². The molecule has 0 bridgehead atoms. The number of aromatic amines is 1. The van der Waals surface area contributed by atoms with Crippen molar-refractivity contribution in [1.82, 2.24) is 20.4 Å². The van der Waals surface area contributed by atoms with Crippen molar-refractivity contribution in [2.24, 2.45) is 0 Å². The molecule has 2 aromatic rings. The molecule has 8 heteroatoms. The van der Waals surface area contributed by atoms with Gasteiger partial charge in [0.15, 0.2) is 5.69 Å². The van der Waals surface area contributed by atoms with Gasteiger partial charge in [-0.2, -0.15) is 5.10 Å². The fourth-order valence-electron chi connectivity index (χ4n) is 3.50. The number of ether oxygens (including phenoxy) is 1. The normalized spacial score (nSPS) is 16.4. The Bertz CT molecular complexity index is 847. The van der Waals surface area contributed by atoms with Gasteiger partial charge in [0.1, 0.15) is 12.4 Å². The lowest BCUT2D eigenvalue weighted by molar-refractivity contribution is -0.120. The zero-order valence-electron chi connectivity index (χ0n) is 14.6. The van der Waals surface area contributed by atoms with E-state index < -0.39 is 0 Å². The van der Waals surface area contributed by atoms with Gasteiger partial charge in [0.05, 0.1) is 18.8 Å². The number of amides is 2. The molecule has 0 radical (unpaired) electrons. The first-order chi connectivity index (χ1) is 12.7. The minimum atomic E-state index is -0.210. The maximum atomic E-state index is 12.9. The molecule has 136 valence electrons. The van der Waals surface area contributed by atoms with Crippen LogP contribution in [0.3, 0.4) is 0 Å². The maximum Gasteiger partial charge on any atom is 0.271 e. The van der Waals surface area contributed by atoms with E-state index in [-0.39, 0.29) is 11.8 Å². The average Bonchev–Trinajstić information content (AvgIpc) is 3.10. The van der Waals surface area contributed by atoms with Crippen LogP contribution in [0.5, 0.6) is 5.75 Å². The van der Waals surface area contributed by atoms with E-state index in [9.17, 15) is 9.59 Å². The van der Waals surface area contributed by atoms with Crippen molar-refractivity contribution >= 4 is 17.5 Å². The predicted octanol–water partition coefficient (Wildman–Crippen LogP) is 0.553. The minimum Gasteiger partial charge on any atom is -0.490 e. The second kappa shape index (κ2) is 6.80. The summed E-state index contributed by atoms with van der Waals surface area (Å²) < 4.78 is 5.62. The molecule has 3 heterocycles. The van der Waals surface area contributed by atoms with Crippen LogP contribution in [0, 0.1) is 0 Å². The summed E-state index contributed by atoms with van der Waals surface area (Å²) in [6.45, 7) is 2.62. The van der Waals surface area contributed by atoms with Gasteiger partial charge in [0, 0.05) is 37.8 Å². The van der Waals surface area contributed by atoms with Gasteiger partial charge in [0.2, 0.25) is 5.91 Å². The molecule has 1 aromatic heterocycles. The summed E-state index contributed by atoms with van der Waals surface area (Å²) in [6.07, 6.45) is 0.742. The number of hydrogen-bond donors (Lipinski definition) is 2. The van der Waals surface area contributed by atoms with Crippen LogP contribution in [0.1, 0.15) is 21.7 Å². The Kier molecular flexibility index (Phi) is 4.34. The molecular formula is C18H21N5O3. The summed E-state index contributed by atoms with van der Waals surface area (Å²) in [6, 6.07) is 7.59. The van der Waals surface area contributed by atoms with E-state index in [1.807, 2.05) is 24.3 Å². The second-order valence-electron chi connectivity index (χ2n) is 6.43. The molecule has 8 nitrogen and oxygen atoms in total. The molecule has 2 aliphatic rings. The molecule has 0 saturated heterocycles. The number of H-pyrrole nitrogens is 1. The van der Waals surface area contributed by atoms with E-state index in [0.717, 1.165) is 35.7 Å². The van der Waals surface area contributed by atoms with Crippen molar-refractivity contribution < 1.29 is 14.3 Å². The Morgan fingerprint density at radius 3 is 3.00 bits per heavy atom. The van der Waals surface area contributed by atoms with Crippen molar-refractivity contribution in [1.29, 1.82) is 0 Å². The third-order valence-corrected chi connectivity index (χ3v) is 4.84. The van der Waals surface area contributed by atoms with Crippen LogP contribution in [0.15, 0.2) is 24.3 Å². The number of carbonyl (C=O) groups is 2. The summed E-state index contributed by atoms with van der Waals surface area (Å²) in [4.78, 5) is 28.7. The highest BCUT2D eigenvalue weighted by molar-refractivity contribution is 5.97. The number of aromatic nitrogens is 2. The van der Waals surface area contributed by atoms with Crippen molar-refractivity contribution in [2.75, 3.05) is 38.2 Å². The van der Waals surface area contributed by atoms with Gasteiger partial charge in [-0.25, -0.2) is 0 Å². The summed E-state index contributed by atoms with van der Waals surface area (Å²) in [7, 11) is 1.59. The highest BCUT2D eigenvalue weighted by Crippen LogP contribution is 2.31. The lowest BCUT2D eigenvalue weighted by atomic mass is 10.0. The molecule has 0 spiro atoms. The molecule has 4 rings (SSSR count). The highest BCUT2D eigenvalue weighted by Gasteiger charge is 2.29. The number of fused-ring (bicyclic) bond motifs is 2. The second-order valence-corrected chi connectivity index (χ2v) is 6.43. The topological polar surface area (TPSA) is 90.6 Å². The molecule has 0 atom stereocenters. The van der Waals surface area contributed by atoms with Gasteiger partial charge in [-0.05, 0) is 12.1 Å². The number of carbonyl (C=O) groups excluding carboxylic acids is 2. The predicted molar refractivity (Wildman–Crippen MR) is 95.2 cm³/mol. The SMILES string of the molecule is CNC(=O)c1n[nH]c2c1CN(CC(=O)N1CCOc3ccccc31)CC2. The highest BCUT2D eigenvalue weighted by atomic mass is 16.5. The van der Waals surface area contributed by atoms with Crippen LogP contribution in [0.25, 0.3) is 0 Å². The standard InChI is InChI=1S/C18H21N5O3/c1-19-18(25)17-12-10-22(7-6-13(12)20-21-17)11-16(24)23-8-9-26-15-5-3-2-4-14(15)23/h2-5H,6-11H2,1H3,(H,19,25)(H,20,21). The van der Waals surface area contributed by atoms with Crippen LogP contribution in [-0.4, -0.2) is 60.2 Å². The first kappa shape index (κ1) is 16.6. The first-order valence-electron chi connectivity index (χ1n) is 8.70. The van der Waals surface area contributed by atoms with Crippen molar-refractivity contribution in [2.45, 2.75) is 13.0 Å². The van der Waals surface area contributed by atoms with E-state index in [1.165, 1.54) is 0 Å². The van der Waals surface area contributed by atoms with Crippen molar-refractivity contribution in [3.05, 3.63) is 41.2 Å². The lowest BCUT2D eigenvalue weighted by Gasteiger charge is -2.32. The summed E-state index contributed by atoms with van der Waals surface area (Å²) in [5.74, 6) is 0.566. The number of nitrogens with one attached hydrogen (secondary N) is 2. The Morgan fingerprint density at radius 1 is 1.31 bits per heavy atom. The summed E-state index contributed by atoms with van der Waals surface area (Å²) in [5.41, 5.74) is 3.09. The van der Waals surface area contributed by atoms with E-state index in [4.69, 9.17) is 4.74 Å². The number of para-hydroxylation sites is 2. The van der Waals surface area contributed by atoms with Gasteiger partial charge in [0.25, 0.3) is 5.91 Å². The Morgan fingerprint density at radius 2 is 2.15 bits per heavy atom. The molecular weight excluding hydrogens is 334 g/mol. The van der Waals surface area contributed by atoms with E-state index in [1.54, 1.807) is 11.9 Å². The molecule has 2 aliphatic heterocycles. The third-order valence-electron chi connectivity index (χ3n) is 4.84. The van der Waals surface area contributed by atoms with Gasteiger partial charge >= 0.3 is 0 Å². The van der Waals surface area contributed by atoms with Crippen LogP contribution in [-0.2, 0) is 17.8 Å². The van der Waals surface area contributed by atoms with E-state index in [2.05, 4.69) is 20.4 Å². The number of hydrogen-bond acceptors (Lipinski definition) is 5. The van der Waals surface area contributed by atoms with Crippen LogP contribution in [0.2, 0.25) is 0 Å². The van der Waals surface area contributed by atoms with E-state index >= 15 is 0 Å². The molecule has 2 N–H and O–H groups in total. The molecule has 2 amide bonds. The lowest BCUT2D eigenvalue weighted by Crippen LogP contribution is -2.45. The summed E-state index contributed by atoms with van der Waals surface area (Å²) >= 11 is 0. The minimum absolute atomic E-state index is 0.0363. The molecule has 26 heavy (non-hydrogen) atoms. The Balaban J connectivity index is 1.48. The number of rotatable bonds is 3. The van der Waals surface area contributed by atoms with Crippen LogP contribution in [0.4, 0.5) is 5.69 Å². The molecule has 1 aromatic carbocycles. The average molecular weight is 355 g/mol. The van der Waals surface area contributed by atoms with Crippen molar-refractivity contribution in [3.63, 3.8) is 0 Å². The van der Waals surface area contributed by atoms with Gasteiger partial charge in [-0.1, -0.05) is 12.1 Å². The molecule has 0 unspecified atom stereocenters. The molecule has 0 fully saturated rings. The van der Waals surface area contributed by atoms with E-state index in [0.29, 0.717) is 31.9 Å². The first-order valence-corrected chi connectivity index (χ1v) is 8.70.